The van der Waals surface area contributed by atoms with Crippen LogP contribution >= 0.6 is 0 Å². The molecular formula is C5H9N5O4S. The molecule has 1 heterocycles. The fourth-order valence-electron chi connectivity index (χ4n) is 0.764. The maximum absolute atomic E-state index is 10.8. The van der Waals surface area contributed by atoms with Crippen molar-refractivity contribution in [2.24, 2.45) is 10.9 Å². The second kappa shape index (κ2) is 4.23. The minimum atomic E-state index is -3.35. The lowest BCUT2D eigenvalue weighted by molar-refractivity contribution is 0.300. The molecule has 0 aromatic carbocycles. The molecule has 9 nitrogen and oxygen atoms in total. The second-order valence-corrected chi connectivity index (χ2v) is 4.47. The van der Waals surface area contributed by atoms with E-state index in [0.717, 1.165) is 6.26 Å². The van der Waals surface area contributed by atoms with Crippen LogP contribution in [0.1, 0.15) is 11.4 Å². The molecule has 15 heavy (non-hydrogen) atoms. The average Bonchev–Trinajstić information content (AvgIpc) is 2.60. The van der Waals surface area contributed by atoms with Crippen LogP contribution in [0.5, 0.6) is 0 Å². The van der Waals surface area contributed by atoms with Gasteiger partial charge in [0.2, 0.25) is 10.0 Å². The van der Waals surface area contributed by atoms with E-state index >= 15 is 0 Å². The van der Waals surface area contributed by atoms with Gasteiger partial charge in [-0.15, -0.1) is 0 Å². The van der Waals surface area contributed by atoms with E-state index in [2.05, 4.69) is 24.8 Å². The number of nitrogens with zero attached hydrogens (tertiary/aromatic N) is 3. The molecule has 4 N–H and O–H groups in total. The highest BCUT2D eigenvalue weighted by Gasteiger charge is 2.15. The SMILES string of the molecule is CS(=O)(=O)NCc1nonc1/C(N)=N/O. The standard InChI is InChI=1S/C5H9N5O4S/c1-15(12,13)7-2-3-4(5(6)8-11)10-14-9-3/h7,11H,2H2,1H3,(H2,6,8). The number of oxime groups is 1. The summed E-state index contributed by atoms with van der Waals surface area (Å²) in [5.74, 6) is -0.304. The summed E-state index contributed by atoms with van der Waals surface area (Å²) < 4.78 is 28.0. The lowest BCUT2D eigenvalue weighted by Gasteiger charge is -1.98. The van der Waals surface area contributed by atoms with Gasteiger partial charge in [0.05, 0.1) is 12.8 Å². The number of rotatable bonds is 4. The molecule has 84 valence electrons. The number of hydrogen-bond donors (Lipinski definition) is 3. The average molecular weight is 235 g/mol. The number of nitrogens with one attached hydrogen (secondary N) is 1. The Bertz CT molecular complexity index is 464. The summed E-state index contributed by atoms with van der Waals surface area (Å²) in [6.07, 6.45) is 0.990. The Hall–Kier alpha value is -1.68. The zero-order valence-electron chi connectivity index (χ0n) is 7.71. The fourth-order valence-corrected chi connectivity index (χ4v) is 1.16. The summed E-state index contributed by atoms with van der Waals surface area (Å²) >= 11 is 0. The highest BCUT2D eigenvalue weighted by Crippen LogP contribution is 2.02. The van der Waals surface area contributed by atoms with Crippen LogP contribution in [0.15, 0.2) is 9.78 Å². The van der Waals surface area contributed by atoms with Gasteiger partial charge in [0.1, 0.15) is 5.69 Å². The van der Waals surface area contributed by atoms with Crippen molar-refractivity contribution in [3.8, 4) is 0 Å². The molecule has 0 saturated heterocycles. The van der Waals surface area contributed by atoms with E-state index < -0.39 is 10.0 Å². The maximum atomic E-state index is 10.8. The largest absolute Gasteiger partial charge is 0.409 e. The number of nitrogens with two attached hydrogens (primary N) is 1. The zero-order valence-corrected chi connectivity index (χ0v) is 8.52. The maximum Gasteiger partial charge on any atom is 0.209 e. The third-order valence-electron chi connectivity index (χ3n) is 1.41. The van der Waals surface area contributed by atoms with Crippen LogP contribution in [-0.4, -0.2) is 36.0 Å². The van der Waals surface area contributed by atoms with Crippen LogP contribution in [0.3, 0.4) is 0 Å². The van der Waals surface area contributed by atoms with Crippen LogP contribution in [0.2, 0.25) is 0 Å². The van der Waals surface area contributed by atoms with Gasteiger partial charge in [-0.2, -0.15) is 0 Å². The molecule has 0 spiro atoms. The van der Waals surface area contributed by atoms with Gasteiger partial charge in [-0.25, -0.2) is 17.8 Å². The van der Waals surface area contributed by atoms with E-state index in [1.807, 2.05) is 0 Å². The van der Waals surface area contributed by atoms with Crippen molar-refractivity contribution in [1.29, 1.82) is 0 Å². The fraction of sp³-hybridized carbons (Fsp3) is 0.400. The van der Waals surface area contributed by atoms with Crippen LogP contribution < -0.4 is 10.5 Å². The van der Waals surface area contributed by atoms with Gasteiger partial charge in [-0.3, -0.25) is 0 Å². The van der Waals surface area contributed by atoms with Crippen molar-refractivity contribution in [2.45, 2.75) is 6.54 Å². The molecule has 0 aliphatic rings. The molecule has 0 atom stereocenters. The van der Waals surface area contributed by atoms with E-state index in [0.29, 0.717) is 0 Å². The van der Waals surface area contributed by atoms with Crippen LogP contribution in [0.25, 0.3) is 0 Å². The number of amidine groups is 1. The van der Waals surface area contributed by atoms with Crippen molar-refractivity contribution >= 4 is 15.9 Å². The molecule has 0 unspecified atom stereocenters. The Kier molecular flexibility index (Phi) is 3.21. The van der Waals surface area contributed by atoms with Gasteiger partial charge >= 0.3 is 0 Å². The lowest BCUT2D eigenvalue weighted by atomic mass is 10.3. The second-order valence-electron chi connectivity index (χ2n) is 2.64. The summed E-state index contributed by atoms with van der Waals surface area (Å²) in [6, 6.07) is 0. The molecule has 0 fully saturated rings. The van der Waals surface area contributed by atoms with Gasteiger partial charge in [0.25, 0.3) is 0 Å². The molecular weight excluding hydrogens is 226 g/mol. The van der Waals surface area contributed by atoms with Crippen LogP contribution in [0, 0.1) is 0 Å². The monoisotopic (exact) mass is 235 g/mol. The number of aromatic nitrogens is 2. The molecule has 0 aliphatic heterocycles. The van der Waals surface area contributed by atoms with Gasteiger partial charge in [0.15, 0.2) is 11.5 Å². The van der Waals surface area contributed by atoms with Crippen molar-refractivity contribution < 1.29 is 18.3 Å². The first-order chi connectivity index (χ1) is 6.94. The van der Waals surface area contributed by atoms with Crippen LogP contribution in [0.4, 0.5) is 0 Å². The minimum absolute atomic E-state index is 0.00588. The minimum Gasteiger partial charge on any atom is -0.409 e. The zero-order chi connectivity index (χ0) is 11.5. The summed E-state index contributed by atoms with van der Waals surface area (Å²) in [5, 5.41) is 17.8. The molecule has 10 heteroatoms. The summed E-state index contributed by atoms with van der Waals surface area (Å²) in [7, 11) is -3.35. The first-order valence-electron chi connectivity index (χ1n) is 3.68. The highest BCUT2D eigenvalue weighted by molar-refractivity contribution is 7.88. The Morgan fingerprint density at radius 3 is 2.87 bits per heavy atom. The summed E-state index contributed by atoms with van der Waals surface area (Å²) in [5.41, 5.74) is 5.37. The Morgan fingerprint density at radius 2 is 2.33 bits per heavy atom. The van der Waals surface area contributed by atoms with E-state index in [1.165, 1.54) is 0 Å². The van der Waals surface area contributed by atoms with Crippen molar-refractivity contribution in [3.63, 3.8) is 0 Å². The Labute approximate surface area is 85.0 Å². The van der Waals surface area contributed by atoms with E-state index in [1.54, 1.807) is 0 Å². The van der Waals surface area contributed by atoms with E-state index in [-0.39, 0.29) is 23.8 Å². The normalized spacial score (nSPS) is 13.0. The molecule has 0 bridgehead atoms. The van der Waals surface area contributed by atoms with Gasteiger partial charge in [0, 0.05) is 0 Å². The molecule has 1 rings (SSSR count). The van der Waals surface area contributed by atoms with E-state index in [9.17, 15) is 8.42 Å². The van der Waals surface area contributed by atoms with Crippen LogP contribution in [-0.2, 0) is 16.6 Å². The Balaban J connectivity index is 2.83. The highest BCUT2D eigenvalue weighted by atomic mass is 32.2. The Morgan fingerprint density at radius 1 is 1.67 bits per heavy atom. The number of sulfonamides is 1. The van der Waals surface area contributed by atoms with Gasteiger partial charge in [-0.05, 0) is 5.16 Å². The molecule has 0 amide bonds. The van der Waals surface area contributed by atoms with Crippen molar-refractivity contribution in [1.82, 2.24) is 15.0 Å². The van der Waals surface area contributed by atoms with Gasteiger partial charge in [-0.1, -0.05) is 10.3 Å². The molecule has 1 aromatic heterocycles. The van der Waals surface area contributed by atoms with Gasteiger partial charge < -0.3 is 10.9 Å². The smallest absolute Gasteiger partial charge is 0.209 e. The summed E-state index contributed by atoms with van der Waals surface area (Å²) in [4.78, 5) is 0. The molecule has 0 aliphatic carbocycles. The first kappa shape index (κ1) is 11.4. The summed E-state index contributed by atoms with van der Waals surface area (Å²) in [6.45, 7) is -0.145. The van der Waals surface area contributed by atoms with Crippen molar-refractivity contribution in [3.05, 3.63) is 11.4 Å². The third-order valence-corrected chi connectivity index (χ3v) is 2.08. The van der Waals surface area contributed by atoms with E-state index in [4.69, 9.17) is 10.9 Å². The quantitative estimate of drug-likeness (QED) is 0.242. The predicted molar refractivity (Wildman–Crippen MR) is 48.5 cm³/mol. The lowest BCUT2D eigenvalue weighted by Crippen LogP contribution is -2.24. The molecule has 0 radical (unpaired) electrons. The predicted octanol–water partition coefficient (Wildman–Crippen LogP) is -1.79. The molecule has 0 saturated carbocycles. The first-order valence-corrected chi connectivity index (χ1v) is 5.57. The molecule has 1 aromatic rings. The third kappa shape index (κ3) is 3.18. The number of hydrogen-bond acceptors (Lipinski definition) is 7. The van der Waals surface area contributed by atoms with Crippen molar-refractivity contribution in [2.75, 3.05) is 6.26 Å². The topological polar surface area (TPSA) is 144 Å².